The smallest absolute Gasteiger partial charge is 0.186 e. The fourth-order valence-corrected chi connectivity index (χ4v) is 3.58. The number of nitrogens with one attached hydrogen (secondary N) is 2. The van der Waals surface area contributed by atoms with Gasteiger partial charge >= 0.3 is 0 Å². The van der Waals surface area contributed by atoms with Crippen LogP contribution in [0.15, 0.2) is 85.1 Å². The number of hydrogen-bond acceptors (Lipinski definition) is 2. The van der Waals surface area contributed by atoms with E-state index < -0.39 is 6.04 Å². The lowest BCUT2D eigenvalue weighted by molar-refractivity contribution is 0.0945. The number of carbonyl (C=O) groups is 1. The Morgan fingerprint density at radius 2 is 1.64 bits per heavy atom. The van der Waals surface area contributed by atoms with E-state index in [4.69, 9.17) is 11.6 Å². The van der Waals surface area contributed by atoms with E-state index in [9.17, 15) is 4.79 Å². The maximum absolute atomic E-state index is 13.4. The van der Waals surface area contributed by atoms with Gasteiger partial charge in [0, 0.05) is 34.2 Å². The molecule has 0 aliphatic rings. The number of benzene rings is 3. The molecule has 0 unspecified atom stereocenters. The first-order valence-corrected chi connectivity index (χ1v) is 9.73. The number of para-hydroxylation sites is 1. The van der Waals surface area contributed by atoms with Crippen molar-refractivity contribution >= 4 is 28.3 Å². The highest BCUT2D eigenvalue weighted by Crippen LogP contribution is 2.24. The van der Waals surface area contributed by atoms with Crippen molar-refractivity contribution in [2.75, 3.05) is 6.54 Å². The molecule has 140 valence electrons. The van der Waals surface area contributed by atoms with Crippen LogP contribution in [0.5, 0.6) is 0 Å². The Morgan fingerprint density at radius 3 is 2.43 bits per heavy atom. The molecule has 0 spiro atoms. The summed E-state index contributed by atoms with van der Waals surface area (Å²) in [5, 5.41) is 5.14. The topological polar surface area (TPSA) is 44.9 Å². The normalized spacial score (nSPS) is 12.2. The fourth-order valence-electron chi connectivity index (χ4n) is 3.45. The number of aromatic nitrogens is 1. The zero-order chi connectivity index (χ0) is 19.3. The Balaban J connectivity index is 1.57. The summed E-state index contributed by atoms with van der Waals surface area (Å²) in [6.07, 6.45) is 2.63. The van der Waals surface area contributed by atoms with Gasteiger partial charge in [-0.15, -0.1) is 0 Å². The van der Waals surface area contributed by atoms with Crippen molar-refractivity contribution in [3.8, 4) is 0 Å². The van der Waals surface area contributed by atoms with Crippen molar-refractivity contribution in [3.63, 3.8) is 0 Å². The molecule has 0 amide bonds. The molecule has 0 radical (unpaired) electrons. The SMILES string of the molecule is O=C(c1c[nH]c2ccccc12)[C@H](NCCc1ccc(Cl)cc1)c1ccccc1. The summed E-state index contributed by atoms with van der Waals surface area (Å²) >= 11 is 5.96. The second-order valence-corrected chi connectivity index (χ2v) is 7.22. The van der Waals surface area contributed by atoms with Gasteiger partial charge < -0.3 is 10.3 Å². The van der Waals surface area contributed by atoms with Gasteiger partial charge in [-0.25, -0.2) is 0 Å². The average Bonchev–Trinajstić information content (AvgIpc) is 3.17. The highest BCUT2D eigenvalue weighted by atomic mass is 35.5. The molecule has 1 aromatic heterocycles. The second kappa shape index (κ2) is 8.42. The molecule has 3 nitrogen and oxygen atoms in total. The van der Waals surface area contributed by atoms with Gasteiger partial charge in [-0.05, 0) is 35.7 Å². The standard InChI is InChI=1S/C24H21ClN2O/c25-19-12-10-17(11-13-19)14-15-26-23(18-6-2-1-3-7-18)24(28)21-16-27-22-9-5-4-8-20(21)22/h1-13,16,23,26-27H,14-15H2/t23-/m1/s1. The molecule has 0 saturated carbocycles. The number of hydrogen-bond donors (Lipinski definition) is 2. The molecule has 4 aromatic rings. The molecule has 28 heavy (non-hydrogen) atoms. The van der Waals surface area contributed by atoms with Gasteiger partial charge in [-0.1, -0.05) is 72.3 Å². The van der Waals surface area contributed by atoms with Crippen molar-refractivity contribution in [1.82, 2.24) is 10.3 Å². The molecule has 0 bridgehead atoms. The Labute approximate surface area is 169 Å². The van der Waals surface area contributed by atoms with Gasteiger partial charge in [-0.2, -0.15) is 0 Å². The monoisotopic (exact) mass is 388 g/mol. The molecule has 3 aromatic carbocycles. The van der Waals surface area contributed by atoms with Gasteiger partial charge in [0.1, 0.15) is 0 Å². The number of rotatable bonds is 7. The zero-order valence-electron chi connectivity index (χ0n) is 15.4. The van der Waals surface area contributed by atoms with Gasteiger partial charge in [0.05, 0.1) is 6.04 Å². The van der Waals surface area contributed by atoms with Crippen LogP contribution >= 0.6 is 11.6 Å². The molecule has 4 heteroatoms. The summed E-state index contributed by atoms with van der Waals surface area (Å²) in [5.41, 5.74) is 3.83. The van der Waals surface area contributed by atoms with E-state index in [0.29, 0.717) is 12.1 Å². The molecule has 0 aliphatic carbocycles. The molecule has 0 aliphatic heterocycles. The zero-order valence-corrected chi connectivity index (χ0v) is 16.1. The van der Waals surface area contributed by atoms with Gasteiger partial charge in [-0.3, -0.25) is 4.79 Å². The van der Waals surface area contributed by atoms with Crippen LogP contribution < -0.4 is 5.32 Å². The first kappa shape index (κ1) is 18.5. The lowest BCUT2D eigenvalue weighted by Gasteiger charge is -2.18. The summed E-state index contributed by atoms with van der Waals surface area (Å²) in [6, 6.07) is 25.2. The first-order valence-electron chi connectivity index (χ1n) is 9.35. The third-order valence-corrected chi connectivity index (χ3v) is 5.18. The van der Waals surface area contributed by atoms with Crippen LogP contribution in [-0.2, 0) is 6.42 Å². The van der Waals surface area contributed by atoms with Crippen molar-refractivity contribution in [2.24, 2.45) is 0 Å². The van der Waals surface area contributed by atoms with Crippen molar-refractivity contribution < 1.29 is 4.79 Å². The molecule has 0 fully saturated rings. The first-order chi connectivity index (χ1) is 13.7. The Bertz CT molecular complexity index is 1070. The third kappa shape index (κ3) is 4.01. The Hall–Kier alpha value is -2.88. The summed E-state index contributed by atoms with van der Waals surface area (Å²) in [4.78, 5) is 16.6. The molecule has 2 N–H and O–H groups in total. The van der Waals surface area contributed by atoms with E-state index in [1.165, 1.54) is 5.56 Å². The van der Waals surface area contributed by atoms with Gasteiger partial charge in [0.15, 0.2) is 5.78 Å². The van der Waals surface area contributed by atoms with E-state index in [1.54, 1.807) is 0 Å². The van der Waals surface area contributed by atoms with E-state index in [0.717, 1.165) is 27.9 Å². The minimum absolute atomic E-state index is 0.0692. The molecular weight excluding hydrogens is 368 g/mol. The van der Waals surface area contributed by atoms with Gasteiger partial charge in [0.2, 0.25) is 0 Å². The quantitative estimate of drug-likeness (QED) is 0.406. The highest BCUT2D eigenvalue weighted by molar-refractivity contribution is 6.30. The van der Waals surface area contributed by atoms with Crippen LogP contribution in [0.4, 0.5) is 0 Å². The summed E-state index contributed by atoms with van der Waals surface area (Å²) in [6.45, 7) is 0.690. The molecular formula is C24H21ClN2O. The number of halogens is 1. The number of H-pyrrole nitrogens is 1. The lowest BCUT2D eigenvalue weighted by Crippen LogP contribution is -2.30. The van der Waals surface area contributed by atoms with Crippen LogP contribution in [0.25, 0.3) is 10.9 Å². The van der Waals surface area contributed by atoms with Crippen molar-refractivity contribution in [2.45, 2.75) is 12.5 Å². The molecule has 1 heterocycles. The minimum atomic E-state index is -0.396. The third-order valence-electron chi connectivity index (χ3n) is 4.93. The van der Waals surface area contributed by atoms with Gasteiger partial charge in [0.25, 0.3) is 0 Å². The minimum Gasteiger partial charge on any atom is -0.360 e. The fraction of sp³-hybridized carbons (Fsp3) is 0.125. The Morgan fingerprint density at radius 1 is 0.929 bits per heavy atom. The molecule has 4 rings (SSSR count). The molecule has 0 saturated heterocycles. The van der Waals surface area contributed by atoms with Crippen LogP contribution in [0, 0.1) is 0 Å². The van der Waals surface area contributed by atoms with E-state index >= 15 is 0 Å². The predicted molar refractivity (Wildman–Crippen MR) is 115 cm³/mol. The number of fused-ring (bicyclic) bond motifs is 1. The summed E-state index contributed by atoms with van der Waals surface area (Å²) in [5.74, 6) is 0.0692. The predicted octanol–water partition coefficient (Wildman–Crippen LogP) is 5.58. The lowest BCUT2D eigenvalue weighted by atomic mass is 9.96. The van der Waals surface area contributed by atoms with Crippen LogP contribution in [0.2, 0.25) is 5.02 Å². The van der Waals surface area contributed by atoms with Crippen LogP contribution in [0.3, 0.4) is 0 Å². The van der Waals surface area contributed by atoms with Crippen LogP contribution in [-0.4, -0.2) is 17.3 Å². The maximum atomic E-state index is 13.4. The van der Waals surface area contributed by atoms with Crippen molar-refractivity contribution in [1.29, 1.82) is 0 Å². The highest BCUT2D eigenvalue weighted by Gasteiger charge is 2.23. The second-order valence-electron chi connectivity index (χ2n) is 6.79. The van der Waals surface area contributed by atoms with Crippen LogP contribution in [0.1, 0.15) is 27.5 Å². The van der Waals surface area contributed by atoms with Crippen molar-refractivity contribution in [3.05, 3.63) is 107 Å². The number of aromatic amines is 1. The van der Waals surface area contributed by atoms with E-state index in [2.05, 4.69) is 10.3 Å². The Kier molecular flexibility index (Phi) is 5.56. The average molecular weight is 389 g/mol. The molecule has 1 atom stereocenters. The van der Waals surface area contributed by atoms with E-state index in [-0.39, 0.29) is 5.78 Å². The summed E-state index contributed by atoms with van der Waals surface area (Å²) < 4.78 is 0. The number of carbonyl (C=O) groups excluding carboxylic acids is 1. The maximum Gasteiger partial charge on any atom is 0.186 e. The number of Topliss-reactive ketones (excluding diaryl/α,β-unsaturated/α-hetero) is 1. The number of ketones is 1. The van der Waals surface area contributed by atoms with E-state index in [1.807, 2.05) is 85.1 Å². The summed E-state index contributed by atoms with van der Waals surface area (Å²) in [7, 11) is 0. The largest absolute Gasteiger partial charge is 0.360 e.